The molecule has 1 rings (SSSR count). The molecule has 0 atom stereocenters. The summed E-state index contributed by atoms with van der Waals surface area (Å²) in [5.41, 5.74) is 7.72. The Morgan fingerprint density at radius 3 is 2.43 bits per heavy atom. The van der Waals surface area contributed by atoms with Crippen molar-refractivity contribution in [2.45, 2.75) is 27.2 Å². The van der Waals surface area contributed by atoms with Gasteiger partial charge in [-0.25, -0.2) is 0 Å². The summed E-state index contributed by atoms with van der Waals surface area (Å²) >= 11 is 6.15. The third-order valence-corrected chi connectivity index (χ3v) is 2.95. The van der Waals surface area contributed by atoms with Crippen LogP contribution in [0.1, 0.15) is 25.2 Å². The lowest BCUT2D eigenvalue weighted by atomic mass is 9.88. The first-order valence-electron chi connectivity index (χ1n) is 4.75. The molecule has 0 aliphatic heterocycles. The third kappa shape index (κ3) is 2.28. The number of aromatic nitrogens is 2. The standard InChI is InChI=1S/C10H18ClN3/c1-7-9(11)8(14(4)13-7)5-10(2,3)6-12/h5-6,12H2,1-4H3. The van der Waals surface area contributed by atoms with Gasteiger partial charge in [0.2, 0.25) is 0 Å². The predicted molar refractivity (Wildman–Crippen MR) is 59.5 cm³/mol. The topological polar surface area (TPSA) is 43.8 Å². The van der Waals surface area contributed by atoms with Crippen molar-refractivity contribution >= 4 is 11.6 Å². The molecule has 0 aliphatic rings. The number of nitrogens with zero attached hydrogens (tertiary/aromatic N) is 2. The van der Waals surface area contributed by atoms with E-state index in [1.165, 1.54) is 0 Å². The minimum Gasteiger partial charge on any atom is -0.330 e. The third-order valence-electron chi connectivity index (χ3n) is 2.46. The summed E-state index contributed by atoms with van der Waals surface area (Å²) in [5.74, 6) is 0. The highest BCUT2D eigenvalue weighted by Crippen LogP contribution is 2.27. The molecule has 4 heteroatoms. The molecule has 1 heterocycles. The van der Waals surface area contributed by atoms with Crippen molar-refractivity contribution in [2.24, 2.45) is 18.2 Å². The van der Waals surface area contributed by atoms with E-state index in [0.29, 0.717) is 6.54 Å². The minimum absolute atomic E-state index is 0.0733. The molecule has 0 aromatic carbocycles. The van der Waals surface area contributed by atoms with Gasteiger partial charge in [-0.2, -0.15) is 5.10 Å². The summed E-state index contributed by atoms with van der Waals surface area (Å²) in [5, 5.41) is 5.05. The molecule has 0 aliphatic carbocycles. The van der Waals surface area contributed by atoms with Crippen LogP contribution in [0.5, 0.6) is 0 Å². The van der Waals surface area contributed by atoms with Crippen molar-refractivity contribution in [2.75, 3.05) is 6.54 Å². The van der Waals surface area contributed by atoms with Gasteiger partial charge in [0.05, 0.1) is 16.4 Å². The Balaban J connectivity index is 2.97. The van der Waals surface area contributed by atoms with E-state index in [4.69, 9.17) is 17.3 Å². The van der Waals surface area contributed by atoms with E-state index in [9.17, 15) is 0 Å². The average Bonchev–Trinajstić information content (AvgIpc) is 2.32. The molecule has 14 heavy (non-hydrogen) atoms. The molecule has 1 aromatic heterocycles. The number of nitrogens with two attached hydrogens (primary N) is 1. The second-order valence-corrected chi connectivity index (χ2v) is 4.89. The largest absolute Gasteiger partial charge is 0.330 e. The van der Waals surface area contributed by atoms with Crippen LogP contribution in [0.25, 0.3) is 0 Å². The Kier molecular flexibility index (Phi) is 3.22. The van der Waals surface area contributed by atoms with Crippen LogP contribution in [-0.4, -0.2) is 16.3 Å². The molecule has 0 saturated heterocycles. The Hall–Kier alpha value is -0.540. The molecule has 0 fully saturated rings. The van der Waals surface area contributed by atoms with Gasteiger partial charge in [0, 0.05) is 7.05 Å². The van der Waals surface area contributed by atoms with E-state index in [0.717, 1.165) is 22.8 Å². The number of hydrogen-bond acceptors (Lipinski definition) is 2. The zero-order valence-electron chi connectivity index (χ0n) is 9.26. The zero-order chi connectivity index (χ0) is 10.9. The van der Waals surface area contributed by atoms with Gasteiger partial charge in [-0.05, 0) is 25.3 Å². The SMILES string of the molecule is Cc1nn(C)c(CC(C)(C)CN)c1Cl. The maximum absolute atomic E-state index is 6.15. The molecular formula is C10H18ClN3. The van der Waals surface area contributed by atoms with Crippen molar-refractivity contribution in [3.05, 3.63) is 16.4 Å². The van der Waals surface area contributed by atoms with Crippen molar-refractivity contribution < 1.29 is 0 Å². The van der Waals surface area contributed by atoms with Crippen LogP contribution < -0.4 is 5.73 Å². The van der Waals surface area contributed by atoms with Crippen molar-refractivity contribution in [1.29, 1.82) is 0 Å². The highest BCUT2D eigenvalue weighted by atomic mass is 35.5. The smallest absolute Gasteiger partial charge is 0.0847 e. The average molecular weight is 216 g/mol. The van der Waals surface area contributed by atoms with Crippen LogP contribution in [0.3, 0.4) is 0 Å². The number of aryl methyl sites for hydroxylation is 2. The molecule has 0 spiro atoms. The fourth-order valence-electron chi connectivity index (χ4n) is 1.40. The fourth-order valence-corrected chi connectivity index (χ4v) is 1.62. The van der Waals surface area contributed by atoms with E-state index >= 15 is 0 Å². The normalized spacial score (nSPS) is 12.1. The van der Waals surface area contributed by atoms with Gasteiger partial charge in [0.1, 0.15) is 0 Å². The minimum atomic E-state index is 0.0733. The quantitative estimate of drug-likeness (QED) is 0.837. The van der Waals surface area contributed by atoms with E-state index in [2.05, 4.69) is 18.9 Å². The zero-order valence-corrected chi connectivity index (χ0v) is 10.0. The molecule has 0 radical (unpaired) electrons. The van der Waals surface area contributed by atoms with Crippen molar-refractivity contribution in [3.63, 3.8) is 0 Å². The molecule has 0 unspecified atom stereocenters. The first kappa shape index (κ1) is 11.5. The van der Waals surface area contributed by atoms with Crippen LogP contribution >= 0.6 is 11.6 Å². The monoisotopic (exact) mass is 215 g/mol. The summed E-state index contributed by atoms with van der Waals surface area (Å²) in [6, 6.07) is 0. The summed E-state index contributed by atoms with van der Waals surface area (Å²) < 4.78 is 1.84. The Labute approximate surface area is 90.2 Å². The predicted octanol–water partition coefficient (Wildman–Crippen LogP) is 1.91. The van der Waals surface area contributed by atoms with Gasteiger partial charge < -0.3 is 5.73 Å². The molecule has 0 bridgehead atoms. The molecule has 3 nitrogen and oxygen atoms in total. The first-order valence-corrected chi connectivity index (χ1v) is 5.13. The van der Waals surface area contributed by atoms with E-state index in [1.807, 2.05) is 18.7 Å². The molecule has 1 aromatic rings. The van der Waals surface area contributed by atoms with Crippen LogP contribution in [0, 0.1) is 12.3 Å². The Morgan fingerprint density at radius 1 is 1.50 bits per heavy atom. The summed E-state index contributed by atoms with van der Waals surface area (Å²) in [7, 11) is 1.92. The first-order chi connectivity index (χ1) is 6.37. The summed E-state index contributed by atoms with van der Waals surface area (Å²) in [4.78, 5) is 0. The van der Waals surface area contributed by atoms with Gasteiger partial charge in [-0.3, -0.25) is 4.68 Å². The van der Waals surface area contributed by atoms with Crippen LogP contribution in [0.2, 0.25) is 5.02 Å². The summed E-state index contributed by atoms with van der Waals surface area (Å²) in [6.45, 7) is 6.83. The fraction of sp³-hybridized carbons (Fsp3) is 0.700. The van der Waals surface area contributed by atoms with Crippen molar-refractivity contribution in [3.8, 4) is 0 Å². The Bertz CT molecular complexity index is 328. The van der Waals surface area contributed by atoms with Crippen molar-refractivity contribution in [1.82, 2.24) is 9.78 Å². The number of rotatable bonds is 3. The van der Waals surface area contributed by atoms with E-state index < -0.39 is 0 Å². The lowest BCUT2D eigenvalue weighted by Gasteiger charge is -2.22. The molecule has 0 amide bonds. The maximum atomic E-state index is 6.15. The second kappa shape index (κ2) is 3.91. The molecular weight excluding hydrogens is 198 g/mol. The second-order valence-electron chi connectivity index (χ2n) is 4.51. The van der Waals surface area contributed by atoms with Crippen LogP contribution in [0.4, 0.5) is 0 Å². The molecule has 0 saturated carbocycles. The van der Waals surface area contributed by atoms with E-state index in [1.54, 1.807) is 0 Å². The van der Waals surface area contributed by atoms with Gasteiger partial charge in [0.25, 0.3) is 0 Å². The number of hydrogen-bond donors (Lipinski definition) is 1. The summed E-state index contributed by atoms with van der Waals surface area (Å²) in [6.07, 6.45) is 0.861. The van der Waals surface area contributed by atoms with Gasteiger partial charge in [-0.15, -0.1) is 0 Å². The molecule has 2 N–H and O–H groups in total. The van der Waals surface area contributed by atoms with Gasteiger partial charge in [-0.1, -0.05) is 25.4 Å². The Morgan fingerprint density at radius 2 is 2.07 bits per heavy atom. The van der Waals surface area contributed by atoms with Crippen LogP contribution in [0.15, 0.2) is 0 Å². The lowest BCUT2D eigenvalue weighted by Crippen LogP contribution is -2.27. The van der Waals surface area contributed by atoms with Gasteiger partial charge in [0.15, 0.2) is 0 Å². The highest BCUT2D eigenvalue weighted by Gasteiger charge is 2.21. The van der Waals surface area contributed by atoms with E-state index in [-0.39, 0.29) is 5.41 Å². The number of halogens is 1. The van der Waals surface area contributed by atoms with Gasteiger partial charge >= 0.3 is 0 Å². The van der Waals surface area contributed by atoms with Crippen LogP contribution in [-0.2, 0) is 13.5 Å². The molecule has 80 valence electrons. The highest BCUT2D eigenvalue weighted by molar-refractivity contribution is 6.31. The maximum Gasteiger partial charge on any atom is 0.0847 e. The lowest BCUT2D eigenvalue weighted by molar-refractivity contribution is 0.366.